The van der Waals surface area contributed by atoms with E-state index < -0.39 is 20.8 Å². The van der Waals surface area contributed by atoms with E-state index in [4.69, 9.17) is 4.74 Å². The Hall–Kier alpha value is -2.82. The number of ether oxygens (including phenoxy) is 1. The van der Waals surface area contributed by atoms with Crippen LogP contribution in [-0.2, 0) is 10.1 Å². The molecule has 0 bridgehead atoms. The largest absolute Gasteiger partial charge is 1.00 e. The van der Waals surface area contributed by atoms with Crippen LogP contribution in [0, 0.1) is 0 Å². The maximum absolute atomic E-state index is 12.7. The molecule has 3 aromatic carbocycles. The second-order valence-corrected chi connectivity index (χ2v) is 7.90. The van der Waals surface area contributed by atoms with E-state index in [1.54, 1.807) is 0 Å². The van der Waals surface area contributed by atoms with E-state index in [0.29, 0.717) is 22.8 Å². The first kappa shape index (κ1) is 23.8. The van der Waals surface area contributed by atoms with Gasteiger partial charge < -0.3 is 9.84 Å². The third kappa shape index (κ3) is 4.98. The molecule has 0 spiro atoms. The van der Waals surface area contributed by atoms with E-state index in [0.717, 1.165) is 12.1 Å². The van der Waals surface area contributed by atoms with Gasteiger partial charge in [0.05, 0.1) is 7.11 Å². The van der Waals surface area contributed by atoms with Crippen LogP contribution in [0.3, 0.4) is 0 Å². The summed E-state index contributed by atoms with van der Waals surface area (Å²) < 4.78 is 38.1. The van der Waals surface area contributed by atoms with Crippen molar-refractivity contribution in [2.75, 3.05) is 7.11 Å². The number of benzene rings is 3. The molecule has 0 aliphatic carbocycles. The number of hydrogen-bond acceptors (Lipinski definition) is 7. The third-order valence-electron chi connectivity index (χ3n) is 4.48. The summed E-state index contributed by atoms with van der Waals surface area (Å²) >= 11 is 0. The molecule has 10 heteroatoms. The van der Waals surface area contributed by atoms with Gasteiger partial charge in [-0.1, -0.05) is 66.4 Å². The van der Waals surface area contributed by atoms with Crippen molar-refractivity contribution in [3.8, 4) is 45.7 Å². The van der Waals surface area contributed by atoms with Crippen molar-refractivity contribution >= 4 is 10.1 Å². The molecule has 8 nitrogen and oxygen atoms in total. The summed E-state index contributed by atoms with van der Waals surface area (Å²) in [4.78, 5) is 12.8. The van der Waals surface area contributed by atoms with E-state index in [9.17, 15) is 18.1 Å². The first-order valence-electron chi connectivity index (χ1n) is 9.10. The molecule has 0 amide bonds. The van der Waals surface area contributed by atoms with Crippen LogP contribution >= 0.6 is 0 Å². The molecular weight excluding hydrogens is 441 g/mol. The Balaban J connectivity index is 0.00000289. The van der Waals surface area contributed by atoms with Crippen LogP contribution in [0.25, 0.3) is 34.2 Å². The first-order chi connectivity index (χ1) is 14.9. The predicted octanol–water partition coefficient (Wildman–Crippen LogP) is 0.205. The minimum atomic E-state index is -4.65. The number of rotatable bonds is 5. The molecule has 0 aliphatic heterocycles. The van der Waals surface area contributed by atoms with E-state index in [-0.39, 0.29) is 46.7 Å². The standard InChI is InChI=1S/C22H17N3O5S.Na/c1-30-18-13-17(26)16(12-19(18)31(27,28)29)22-24-20(14-8-4-2-5-9-14)23-21(25-22)15-10-6-3-7-11-15;/h2-13,26H,1H3,(H,27,28,29);/q;+1/p-1. The summed E-state index contributed by atoms with van der Waals surface area (Å²) in [5, 5.41) is 12.7. The fourth-order valence-corrected chi connectivity index (χ4v) is 3.67. The van der Waals surface area contributed by atoms with Gasteiger partial charge in [0.15, 0.2) is 17.5 Å². The van der Waals surface area contributed by atoms with Gasteiger partial charge in [-0.3, -0.25) is 4.55 Å². The van der Waals surface area contributed by atoms with Gasteiger partial charge in [0.2, 0.25) is 0 Å². The SMILES string of the molecule is COc1cc([O-])c(-c2nc(-c3ccccc3)nc(-c3ccccc3)n2)cc1S(=O)(=O)O.[Na+]. The molecule has 0 saturated heterocycles. The molecule has 0 fully saturated rings. The summed E-state index contributed by atoms with van der Waals surface area (Å²) in [5.74, 6) is -0.225. The summed E-state index contributed by atoms with van der Waals surface area (Å²) in [6.07, 6.45) is 0. The Morgan fingerprint density at radius 1 is 0.812 bits per heavy atom. The van der Waals surface area contributed by atoms with Crippen LogP contribution in [0.5, 0.6) is 11.5 Å². The van der Waals surface area contributed by atoms with E-state index in [2.05, 4.69) is 15.0 Å². The van der Waals surface area contributed by atoms with Crippen LogP contribution in [-0.4, -0.2) is 35.0 Å². The number of aromatic nitrogens is 3. The average molecular weight is 457 g/mol. The van der Waals surface area contributed by atoms with Crippen LogP contribution in [0.2, 0.25) is 0 Å². The Bertz CT molecular complexity index is 1290. The van der Waals surface area contributed by atoms with Crippen molar-refractivity contribution in [1.82, 2.24) is 15.0 Å². The van der Waals surface area contributed by atoms with Crippen LogP contribution in [0.15, 0.2) is 77.7 Å². The van der Waals surface area contributed by atoms with Gasteiger partial charge in [0.1, 0.15) is 10.6 Å². The molecule has 1 heterocycles. The van der Waals surface area contributed by atoms with Crippen molar-refractivity contribution in [2.24, 2.45) is 0 Å². The first-order valence-corrected chi connectivity index (χ1v) is 10.5. The molecule has 4 rings (SSSR count). The minimum Gasteiger partial charge on any atom is -0.872 e. The summed E-state index contributed by atoms with van der Waals surface area (Å²) in [7, 11) is -3.45. The van der Waals surface area contributed by atoms with Crippen molar-refractivity contribution in [3.63, 3.8) is 0 Å². The number of nitrogens with zero attached hydrogens (tertiary/aromatic N) is 3. The van der Waals surface area contributed by atoms with Crippen molar-refractivity contribution in [3.05, 3.63) is 72.8 Å². The Morgan fingerprint density at radius 3 is 1.72 bits per heavy atom. The second kappa shape index (κ2) is 9.76. The van der Waals surface area contributed by atoms with Crippen LogP contribution in [0.4, 0.5) is 0 Å². The van der Waals surface area contributed by atoms with Gasteiger partial charge in [-0.25, -0.2) is 15.0 Å². The average Bonchev–Trinajstić information content (AvgIpc) is 2.79. The zero-order chi connectivity index (χ0) is 22.0. The van der Waals surface area contributed by atoms with Gasteiger partial charge >= 0.3 is 29.6 Å². The summed E-state index contributed by atoms with van der Waals surface area (Å²) in [5.41, 5.74) is 1.28. The monoisotopic (exact) mass is 457 g/mol. The summed E-state index contributed by atoms with van der Waals surface area (Å²) in [6.45, 7) is 0. The van der Waals surface area contributed by atoms with E-state index in [1.807, 2.05) is 60.7 Å². The number of methoxy groups -OCH3 is 1. The van der Waals surface area contributed by atoms with Crippen molar-refractivity contribution < 1.29 is 52.4 Å². The minimum absolute atomic E-state index is 0. The zero-order valence-corrected chi connectivity index (χ0v) is 20.1. The fourth-order valence-electron chi connectivity index (χ4n) is 3.01. The van der Waals surface area contributed by atoms with Gasteiger partial charge in [-0.15, -0.1) is 0 Å². The predicted molar refractivity (Wildman–Crippen MR) is 112 cm³/mol. The van der Waals surface area contributed by atoms with Crippen LogP contribution < -0.4 is 39.4 Å². The number of hydrogen-bond donors (Lipinski definition) is 1. The Morgan fingerprint density at radius 2 is 1.28 bits per heavy atom. The summed E-state index contributed by atoms with van der Waals surface area (Å²) in [6, 6.07) is 20.2. The van der Waals surface area contributed by atoms with E-state index >= 15 is 0 Å². The molecule has 0 radical (unpaired) electrons. The quantitative estimate of drug-likeness (QED) is 0.333. The zero-order valence-electron chi connectivity index (χ0n) is 17.3. The fraction of sp³-hybridized carbons (Fsp3) is 0.0455. The smallest absolute Gasteiger partial charge is 0.872 e. The van der Waals surface area contributed by atoms with Crippen molar-refractivity contribution in [1.29, 1.82) is 0 Å². The third-order valence-corrected chi connectivity index (χ3v) is 5.36. The molecule has 156 valence electrons. The van der Waals surface area contributed by atoms with Gasteiger partial charge in [-0.05, 0) is 12.1 Å². The molecule has 32 heavy (non-hydrogen) atoms. The van der Waals surface area contributed by atoms with E-state index in [1.165, 1.54) is 7.11 Å². The van der Waals surface area contributed by atoms with Gasteiger partial charge in [0, 0.05) is 16.7 Å². The molecule has 4 aromatic rings. The molecular formula is C22H16N3NaO5S. The maximum Gasteiger partial charge on any atom is 1.00 e. The molecule has 0 aliphatic rings. The molecule has 0 saturated carbocycles. The van der Waals surface area contributed by atoms with Gasteiger partial charge in [-0.2, -0.15) is 8.42 Å². The van der Waals surface area contributed by atoms with Crippen LogP contribution in [0.1, 0.15) is 0 Å². The molecule has 1 N–H and O–H groups in total. The van der Waals surface area contributed by atoms with Crippen molar-refractivity contribution in [2.45, 2.75) is 4.90 Å². The van der Waals surface area contributed by atoms with Gasteiger partial charge in [0.25, 0.3) is 10.1 Å². The molecule has 1 aromatic heterocycles. The Labute approximate surface area is 207 Å². The molecule has 0 atom stereocenters. The maximum atomic E-state index is 12.7. The molecule has 0 unspecified atom stereocenters. The normalized spacial score (nSPS) is 10.9. The second-order valence-electron chi connectivity index (χ2n) is 6.51. The topological polar surface area (TPSA) is 125 Å². The Kier molecular flexibility index (Phi) is 7.27.